The topological polar surface area (TPSA) is 78.9 Å². The van der Waals surface area contributed by atoms with Crippen LogP contribution in [0.3, 0.4) is 0 Å². The van der Waals surface area contributed by atoms with Crippen LogP contribution in [-0.4, -0.2) is 39.1 Å². The van der Waals surface area contributed by atoms with Crippen LogP contribution in [0.25, 0.3) is 6.08 Å². The molecule has 0 N–H and O–H groups in total. The van der Waals surface area contributed by atoms with E-state index in [0.29, 0.717) is 0 Å². The third-order valence-electron chi connectivity index (χ3n) is 4.14. The van der Waals surface area contributed by atoms with E-state index in [1.165, 1.54) is 45.6 Å². The molecule has 6 nitrogen and oxygen atoms in total. The van der Waals surface area contributed by atoms with Crippen LogP contribution >= 0.6 is 0 Å². The third kappa shape index (κ3) is 3.91. The highest BCUT2D eigenvalue weighted by Crippen LogP contribution is 2.38. The molecule has 0 aliphatic heterocycles. The predicted molar refractivity (Wildman–Crippen MR) is 94.9 cm³/mol. The van der Waals surface area contributed by atoms with E-state index in [1.54, 1.807) is 6.08 Å². The molecule has 136 valence electrons. The Labute approximate surface area is 151 Å². The zero-order valence-electron chi connectivity index (χ0n) is 14.9. The van der Waals surface area contributed by atoms with Crippen LogP contribution in [0.15, 0.2) is 54.3 Å². The van der Waals surface area contributed by atoms with E-state index < -0.39 is 17.4 Å². The number of rotatable bonds is 6. The van der Waals surface area contributed by atoms with Gasteiger partial charge in [0.05, 0.1) is 21.3 Å². The maximum Gasteiger partial charge on any atom is 0.330 e. The lowest BCUT2D eigenvalue weighted by Gasteiger charge is -2.31. The number of ether oxygens (including phenoxy) is 3. The smallest absolute Gasteiger partial charge is 0.330 e. The second kappa shape index (κ2) is 8.29. The molecule has 1 unspecified atom stereocenters. The number of hydrogen-bond donors (Lipinski definition) is 0. The maximum absolute atomic E-state index is 12.6. The van der Waals surface area contributed by atoms with Crippen LogP contribution in [0.5, 0.6) is 0 Å². The van der Waals surface area contributed by atoms with E-state index >= 15 is 0 Å². The largest absolute Gasteiger partial charge is 0.499 e. The summed E-state index contributed by atoms with van der Waals surface area (Å²) >= 11 is 0. The molecule has 26 heavy (non-hydrogen) atoms. The predicted octanol–water partition coefficient (Wildman–Crippen LogP) is 2.24. The molecule has 0 bridgehead atoms. The number of carbonyl (C=O) groups excluding carboxylic acids is 3. The number of allylic oxidation sites excluding steroid dienone is 2. The van der Waals surface area contributed by atoms with E-state index in [4.69, 9.17) is 9.47 Å². The van der Waals surface area contributed by atoms with Gasteiger partial charge >= 0.3 is 11.9 Å². The van der Waals surface area contributed by atoms with Gasteiger partial charge in [-0.15, -0.1) is 0 Å². The normalized spacial score (nSPS) is 19.2. The third-order valence-corrected chi connectivity index (χ3v) is 4.14. The summed E-state index contributed by atoms with van der Waals surface area (Å²) in [6, 6.07) is 7.29. The lowest BCUT2D eigenvalue weighted by molar-refractivity contribution is -0.149. The van der Waals surface area contributed by atoms with Gasteiger partial charge in [-0.2, -0.15) is 0 Å². The molecule has 1 aliphatic carbocycles. The molecule has 2 rings (SSSR count). The first-order chi connectivity index (χ1) is 12.5. The van der Waals surface area contributed by atoms with Gasteiger partial charge in [0, 0.05) is 12.2 Å². The summed E-state index contributed by atoms with van der Waals surface area (Å²) in [5.41, 5.74) is 0.258. The standard InChI is InChI=1S/C20H20O6/c1-24-17-12-16(21)10-11-20(17,19(23)26-3)13-15-7-5-4-6-14(15)8-9-18(22)25-2/h4-12H,13H2,1-3H3/b9-8+. The zero-order valence-corrected chi connectivity index (χ0v) is 14.9. The highest BCUT2D eigenvalue weighted by atomic mass is 16.5. The Bertz CT molecular complexity index is 802. The molecule has 0 heterocycles. The first-order valence-electron chi connectivity index (χ1n) is 7.88. The van der Waals surface area contributed by atoms with Crippen molar-refractivity contribution in [2.75, 3.05) is 21.3 Å². The van der Waals surface area contributed by atoms with Crippen molar-refractivity contribution < 1.29 is 28.6 Å². The Morgan fingerprint density at radius 2 is 1.85 bits per heavy atom. The van der Waals surface area contributed by atoms with Crippen molar-refractivity contribution >= 4 is 23.8 Å². The van der Waals surface area contributed by atoms with E-state index in [1.807, 2.05) is 24.3 Å². The monoisotopic (exact) mass is 356 g/mol. The van der Waals surface area contributed by atoms with Crippen molar-refractivity contribution in [1.29, 1.82) is 0 Å². The second-order valence-corrected chi connectivity index (χ2v) is 5.64. The molecule has 0 aromatic heterocycles. The van der Waals surface area contributed by atoms with Crippen LogP contribution in [-0.2, 0) is 35.0 Å². The Hall–Kier alpha value is -3.15. The first kappa shape index (κ1) is 19.2. The zero-order chi connectivity index (χ0) is 19.2. The minimum atomic E-state index is -1.26. The molecule has 1 atom stereocenters. The van der Waals surface area contributed by atoms with Crippen molar-refractivity contribution in [3.63, 3.8) is 0 Å². The molecule has 0 saturated carbocycles. The van der Waals surface area contributed by atoms with Gasteiger partial charge < -0.3 is 14.2 Å². The summed E-state index contributed by atoms with van der Waals surface area (Å²) in [6.07, 6.45) is 7.22. The number of ketones is 1. The molecule has 0 spiro atoms. The number of carbonyl (C=O) groups is 3. The molecular formula is C20H20O6. The highest BCUT2D eigenvalue weighted by Gasteiger charge is 2.45. The number of hydrogen-bond acceptors (Lipinski definition) is 6. The SMILES string of the molecule is COC(=O)/C=C/c1ccccc1CC1(C(=O)OC)C=CC(=O)C=C1OC. The van der Waals surface area contributed by atoms with E-state index in [2.05, 4.69) is 4.74 Å². The molecule has 1 aliphatic rings. The molecule has 1 aromatic rings. The Balaban J connectivity index is 2.49. The van der Waals surface area contributed by atoms with E-state index in [-0.39, 0.29) is 18.0 Å². The van der Waals surface area contributed by atoms with Gasteiger partial charge in [-0.3, -0.25) is 9.59 Å². The average molecular weight is 356 g/mol. The minimum Gasteiger partial charge on any atom is -0.499 e. The van der Waals surface area contributed by atoms with Gasteiger partial charge in [0.2, 0.25) is 0 Å². The minimum absolute atomic E-state index is 0.199. The van der Waals surface area contributed by atoms with Gasteiger partial charge in [-0.05, 0) is 29.7 Å². The summed E-state index contributed by atoms with van der Waals surface area (Å²) in [6.45, 7) is 0. The quantitative estimate of drug-likeness (QED) is 0.575. The van der Waals surface area contributed by atoms with Gasteiger partial charge in [0.25, 0.3) is 0 Å². The summed E-state index contributed by atoms with van der Waals surface area (Å²) in [7, 11) is 3.98. The maximum atomic E-state index is 12.6. The number of methoxy groups -OCH3 is 3. The molecular weight excluding hydrogens is 336 g/mol. The fraction of sp³-hybridized carbons (Fsp3) is 0.250. The van der Waals surface area contributed by atoms with Crippen molar-refractivity contribution in [1.82, 2.24) is 0 Å². The summed E-state index contributed by atoms with van der Waals surface area (Å²) in [4.78, 5) is 35.7. The number of esters is 2. The Morgan fingerprint density at radius 1 is 1.12 bits per heavy atom. The van der Waals surface area contributed by atoms with Crippen LogP contribution in [0.2, 0.25) is 0 Å². The van der Waals surface area contributed by atoms with E-state index in [9.17, 15) is 14.4 Å². The fourth-order valence-corrected chi connectivity index (χ4v) is 2.81. The Kier molecular flexibility index (Phi) is 6.11. The molecule has 6 heteroatoms. The summed E-state index contributed by atoms with van der Waals surface area (Å²) < 4.78 is 14.9. The van der Waals surface area contributed by atoms with Crippen LogP contribution in [0.4, 0.5) is 0 Å². The molecule has 0 saturated heterocycles. The van der Waals surface area contributed by atoms with Crippen LogP contribution in [0.1, 0.15) is 11.1 Å². The van der Waals surface area contributed by atoms with Crippen molar-refractivity contribution in [3.05, 3.63) is 65.5 Å². The molecule has 0 amide bonds. The van der Waals surface area contributed by atoms with E-state index in [0.717, 1.165) is 11.1 Å². The molecule has 0 radical (unpaired) electrons. The lowest BCUT2D eigenvalue weighted by Crippen LogP contribution is -2.37. The Morgan fingerprint density at radius 3 is 2.50 bits per heavy atom. The first-order valence-corrected chi connectivity index (χ1v) is 7.88. The van der Waals surface area contributed by atoms with Gasteiger partial charge in [0.1, 0.15) is 11.2 Å². The van der Waals surface area contributed by atoms with Gasteiger partial charge in [0.15, 0.2) is 5.78 Å². The fourth-order valence-electron chi connectivity index (χ4n) is 2.81. The van der Waals surface area contributed by atoms with Gasteiger partial charge in [-0.1, -0.05) is 30.3 Å². The lowest BCUT2D eigenvalue weighted by atomic mass is 9.75. The second-order valence-electron chi connectivity index (χ2n) is 5.64. The van der Waals surface area contributed by atoms with Crippen molar-refractivity contribution in [3.8, 4) is 0 Å². The van der Waals surface area contributed by atoms with Crippen LogP contribution in [0, 0.1) is 5.41 Å². The average Bonchev–Trinajstić information content (AvgIpc) is 2.67. The van der Waals surface area contributed by atoms with Crippen molar-refractivity contribution in [2.45, 2.75) is 6.42 Å². The van der Waals surface area contributed by atoms with Crippen molar-refractivity contribution in [2.24, 2.45) is 5.41 Å². The summed E-state index contributed by atoms with van der Waals surface area (Å²) in [5.74, 6) is -1.08. The van der Waals surface area contributed by atoms with Crippen LogP contribution < -0.4 is 0 Å². The summed E-state index contributed by atoms with van der Waals surface area (Å²) in [5, 5.41) is 0. The number of benzene rings is 1. The highest BCUT2D eigenvalue weighted by molar-refractivity contribution is 6.03. The molecule has 0 fully saturated rings. The van der Waals surface area contributed by atoms with Gasteiger partial charge in [-0.25, -0.2) is 4.79 Å². The molecule has 1 aromatic carbocycles.